The van der Waals surface area contributed by atoms with Crippen LogP contribution in [-0.4, -0.2) is 29.3 Å². The third kappa shape index (κ3) is 3.90. The third-order valence-electron chi connectivity index (χ3n) is 3.64. The summed E-state index contributed by atoms with van der Waals surface area (Å²) in [6.07, 6.45) is 1.85. The van der Waals surface area contributed by atoms with E-state index in [2.05, 4.69) is 5.32 Å². The van der Waals surface area contributed by atoms with Crippen LogP contribution < -0.4 is 5.32 Å². The summed E-state index contributed by atoms with van der Waals surface area (Å²) < 4.78 is 0. The molecule has 2 N–H and O–H groups in total. The van der Waals surface area contributed by atoms with Crippen LogP contribution in [0.15, 0.2) is 18.2 Å². The van der Waals surface area contributed by atoms with Crippen LogP contribution in [-0.2, 0) is 11.2 Å². The summed E-state index contributed by atoms with van der Waals surface area (Å²) in [4.78, 5) is 34.8. The molecule has 112 valence electrons. The molecule has 0 saturated carbocycles. The number of hydrogen-bond acceptors (Lipinski definition) is 3. The van der Waals surface area contributed by atoms with Gasteiger partial charge < -0.3 is 10.4 Å². The molecule has 1 atom stereocenters. The van der Waals surface area contributed by atoms with Crippen molar-refractivity contribution >= 4 is 17.7 Å². The Hall–Kier alpha value is -2.17. The highest BCUT2D eigenvalue weighted by Crippen LogP contribution is 2.19. The summed E-state index contributed by atoms with van der Waals surface area (Å²) in [5.41, 5.74) is 1.99. The molecule has 21 heavy (non-hydrogen) atoms. The van der Waals surface area contributed by atoms with E-state index >= 15 is 0 Å². The Kier molecular flexibility index (Phi) is 4.73. The normalized spacial score (nSPS) is 15.6. The van der Waals surface area contributed by atoms with E-state index in [0.717, 1.165) is 18.4 Å². The SMILES string of the molecule is CC(CC(=O)O)CC(=O)c1ccc2c(c1)C(=O)NCCC2. The van der Waals surface area contributed by atoms with Gasteiger partial charge in [0.15, 0.2) is 5.78 Å². The van der Waals surface area contributed by atoms with Gasteiger partial charge in [0, 0.05) is 30.5 Å². The lowest BCUT2D eigenvalue weighted by molar-refractivity contribution is -0.137. The van der Waals surface area contributed by atoms with Crippen molar-refractivity contribution in [1.29, 1.82) is 0 Å². The number of carboxylic acids is 1. The van der Waals surface area contributed by atoms with Crippen LogP contribution in [0.2, 0.25) is 0 Å². The van der Waals surface area contributed by atoms with Gasteiger partial charge >= 0.3 is 5.97 Å². The maximum Gasteiger partial charge on any atom is 0.303 e. The molecule has 1 heterocycles. The fraction of sp³-hybridized carbons (Fsp3) is 0.438. The van der Waals surface area contributed by atoms with Crippen LogP contribution in [0.4, 0.5) is 0 Å². The smallest absolute Gasteiger partial charge is 0.303 e. The molecule has 5 heteroatoms. The Morgan fingerprint density at radius 3 is 2.81 bits per heavy atom. The zero-order chi connectivity index (χ0) is 15.4. The summed E-state index contributed by atoms with van der Waals surface area (Å²) in [6, 6.07) is 5.19. The molecule has 0 radical (unpaired) electrons. The quantitative estimate of drug-likeness (QED) is 0.813. The van der Waals surface area contributed by atoms with Crippen molar-refractivity contribution < 1.29 is 19.5 Å². The van der Waals surface area contributed by atoms with Gasteiger partial charge in [-0.3, -0.25) is 14.4 Å². The van der Waals surface area contributed by atoms with E-state index in [9.17, 15) is 14.4 Å². The predicted molar refractivity (Wildman–Crippen MR) is 77.5 cm³/mol. The van der Waals surface area contributed by atoms with Crippen molar-refractivity contribution in [3.05, 3.63) is 34.9 Å². The van der Waals surface area contributed by atoms with E-state index in [0.29, 0.717) is 17.7 Å². The number of carbonyl (C=O) groups excluding carboxylic acids is 2. The number of fused-ring (bicyclic) bond motifs is 1. The Balaban J connectivity index is 2.15. The number of Topliss-reactive ketones (excluding diaryl/α,β-unsaturated/α-hetero) is 1. The van der Waals surface area contributed by atoms with Crippen molar-refractivity contribution in [1.82, 2.24) is 5.32 Å². The largest absolute Gasteiger partial charge is 0.481 e. The topological polar surface area (TPSA) is 83.5 Å². The minimum absolute atomic E-state index is 0.0306. The van der Waals surface area contributed by atoms with Gasteiger partial charge in [0.05, 0.1) is 0 Å². The molecule has 1 unspecified atom stereocenters. The summed E-state index contributed by atoms with van der Waals surface area (Å²) in [5.74, 6) is -1.39. The second-order valence-corrected chi connectivity index (χ2v) is 5.56. The van der Waals surface area contributed by atoms with Crippen LogP contribution in [0.25, 0.3) is 0 Å². The second-order valence-electron chi connectivity index (χ2n) is 5.56. The molecule has 0 saturated heterocycles. The first-order chi connectivity index (χ1) is 9.97. The summed E-state index contributed by atoms with van der Waals surface area (Å²) in [5, 5.41) is 11.5. The lowest BCUT2D eigenvalue weighted by Crippen LogP contribution is -2.23. The zero-order valence-electron chi connectivity index (χ0n) is 12.0. The van der Waals surface area contributed by atoms with Gasteiger partial charge in [0.1, 0.15) is 0 Å². The number of benzene rings is 1. The second kappa shape index (κ2) is 6.52. The maximum atomic E-state index is 12.2. The first-order valence-corrected chi connectivity index (χ1v) is 7.13. The van der Waals surface area contributed by atoms with E-state index in [1.807, 2.05) is 6.07 Å². The van der Waals surface area contributed by atoms with E-state index in [1.165, 1.54) is 0 Å². The molecule has 1 aliphatic rings. The highest BCUT2D eigenvalue weighted by molar-refractivity contribution is 6.01. The molecule has 1 aromatic carbocycles. The van der Waals surface area contributed by atoms with Crippen LogP contribution in [0.5, 0.6) is 0 Å². The van der Waals surface area contributed by atoms with E-state index in [-0.39, 0.29) is 30.4 Å². The Morgan fingerprint density at radius 2 is 2.10 bits per heavy atom. The number of ketones is 1. The molecule has 2 rings (SSSR count). The van der Waals surface area contributed by atoms with Gasteiger partial charge in [-0.25, -0.2) is 0 Å². The number of aliphatic carboxylic acids is 1. The maximum absolute atomic E-state index is 12.2. The fourth-order valence-electron chi connectivity index (χ4n) is 2.56. The molecule has 0 bridgehead atoms. The minimum atomic E-state index is -0.906. The van der Waals surface area contributed by atoms with Gasteiger partial charge in [0.25, 0.3) is 5.91 Å². The monoisotopic (exact) mass is 289 g/mol. The average Bonchev–Trinajstić information content (AvgIpc) is 2.59. The molecule has 0 aromatic heterocycles. The molecule has 0 spiro atoms. The number of nitrogens with one attached hydrogen (secondary N) is 1. The minimum Gasteiger partial charge on any atom is -0.481 e. The van der Waals surface area contributed by atoms with Crippen molar-refractivity contribution in [2.24, 2.45) is 5.92 Å². The molecule has 1 aliphatic heterocycles. The number of hydrogen-bond donors (Lipinski definition) is 2. The molecule has 5 nitrogen and oxygen atoms in total. The van der Waals surface area contributed by atoms with Gasteiger partial charge in [-0.1, -0.05) is 19.1 Å². The number of amides is 1. The van der Waals surface area contributed by atoms with Gasteiger partial charge in [-0.2, -0.15) is 0 Å². The zero-order valence-corrected chi connectivity index (χ0v) is 12.0. The standard InChI is InChI=1S/C16H19NO4/c1-10(8-15(19)20)7-14(18)12-5-4-11-3-2-6-17-16(21)13(11)9-12/h4-5,9-10H,2-3,6-8H2,1H3,(H,17,21)(H,19,20). The predicted octanol–water partition coefficient (Wildman–Crippen LogP) is 2.05. The molecule has 0 aliphatic carbocycles. The number of aryl methyl sites for hydroxylation is 1. The van der Waals surface area contributed by atoms with Crippen LogP contribution in [0.3, 0.4) is 0 Å². The summed E-state index contributed by atoms with van der Waals surface area (Å²) in [6.45, 7) is 2.38. The van der Waals surface area contributed by atoms with Crippen LogP contribution in [0, 0.1) is 5.92 Å². The van der Waals surface area contributed by atoms with Gasteiger partial charge in [-0.15, -0.1) is 0 Å². The Morgan fingerprint density at radius 1 is 1.33 bits per heavy atom. The molecule has 1 amide bonds. The van der Waals surface area contributed by atoms with Crippen LogP contribution >= 0.6 is 0 Å². The summed E-state index contributed by atoms with van der Waals surface area (Å²) >= 11 is 0. The number of rotatable bonds is 5. The van der Waals surface area contributed by atoms with Crippen molar-refractivity contribution in [3.8, 4) is 0 Å². The first-order valence-electron chi connectivity index (χ1n) is 7.13. The molecule has 1 aromatic rings. The van der Waals surface area contributed by atoms with E-state index in [1.54, 1.807) is 19.1 Å². The average molecular weight is 289 g/mol. The van der Waals surface area contributed by atoms with Gasteiger partial charge in [0.2, 0.25) is 0 Å². The lowest BCUT2D eigenvalue weighted by atomic mass is 9.94. The van der Waals surface area contributed by atoms with Crippen molar-refractivity contribution in [3.63, 3.8) is 0 Å². The van der Waals surface area contributed by atoms with E-state index in [4.69, 9.17) is 5.11 Å². The number of carbonyl (C=O) groups is 3. The molecular formula is C16H19NO4. The third-order valence-corrected chi connectivity index (χ3v) is 3.64. The molecule has 0 fully saturated rings. The Bertz CT molecular complexity index is 580. The van der Waals surface area contributed by atoms with E-state index < -0.39 is 5.97 Å². The van der Waals surface area contributed by atoms with Crippen molar-refractivity contribution in [2.75, 3.05) is 6.54 Å². The van der Waals surface area contributed by atoms with Crippen LogP contribution in [0.1, 0.15) is 52.5 Å². The first kappa shape index (κ1) is 15.2. The lowest BCUT2D eigenvalue weighted by Gasteiger charge is -2.10. The highest BCUT2D eigenvalue weighted by atomic mass is 16.4. The molecular weight excluding hydrogens is 270 g/mol. The summed E-state index contributed by atoms with van der Waals surface area (Å²) in [7, 11) is 0. The van der Waals surface area contributed by atoms with Gasteiger partial charge in [-0.05, 0) is 30.4 Å². The number of carboxylic acid groups (broad SMARTS) is 1. The fourth-order valence-corrected chi connectivity index (χ4v) is 2.56. The Labute approximate surface area is 123 Å². The van der Waals surface area contributed by atoms with Crippen molar-refractivity contribution in [2.45, 2.75) is 32.6 Å². The highest BCUT2D eigenvalue weighted by Gasteiger charge is 2.19.